The molecule has 2 aliphatic rings. The molecular formula is C26H28ClF2N5O2. The Morgan fingerprint density at radius 2 is 1.92 bits per heavy atom. The lowest BCUT2D eigenvalue weighted by molar-refractivity contribution is 0.0124. The number of carbonyl (C=O) groups is 2. The second-order valence-corrected chi connectivity index (χ2v) is 10.2. The number of alkyl halides is 2. The molecule has 2 aliphatic heterocycles. The molecule has 0 aliphatic carbocycles. The molecule has 190 valence electrons. The molecule has 2 amide bonds. The minimum absolute atomic E-state index is 0.00140. The number of aromatic nitrogens is 2. The van der Waals surface area contributed by atoms with E-state index in [1.165, 1.54) is 0 Å². The number of fused-ring (bicyclic) bond motifs is 1. The van der Waals surface area contributed by atoms with E-state index in [9.17, 15) is 18.4 Å². The summed E-state index contributed by atoms with van der Waals surface area (Å²) in [7, 11) is 0. The monoisotopic (exact) mass is 515 g/mol. The lowest BCUT2D eigenvalue weighted by Crippen LogP contribution is -2.51. The predicted octanol–water partition coefficient (Wildman–Crippen LogP) is 3.84. The SMILES string of the molecule is Cc1c(C(=O)NCCN2CCC(F)(F)C2)ccc2nn(CC3CN(C(=O)c4ccc(Cl)cc4)C3)cc12. The van der Waals surface area contributed by atoms with E-state index >= 15 is 0 Å². The van der Waals surface area contributed by atoms with Crippen molar-refractivity contribution < 1.29 is 18.4 Å². The first-order valence-corrected chi connectivity index (χ1v) is 12.5. The maximum absolute atomic E-state index is 13.3. The molecule has 0 saturated carbocycles. The molecule has 36 heavy (non-hydrogen) atoms. The zero-order valence-electron chi connectivity index (χ0n) is 20.0. The quantitative estimate of drug-likeness (QED) is 0.519. The van der Waals surface area contributed by atoms with E-state index < -0.39 is 5.92 Å². The molecule has 7 nitrogen and oxygen atoms in total. The smallest absolute Gasteiger partial charge is 0.261 e. The van der Waals surface area contributed by atoms with Crippen molar-refractivity contribution in [1.29, 1.82) is 0 Å². The first-order valence-electron chi connectivity index (χ1n) is 12.1. The van der Waals surface area contributed by atoms with Crippen LogP contribution in [-0.2, 0) is 6.54 Å². The maximum Gasteiger partial charge on any atom is 0.261 e. The van der Waals surface area contributed by atoms with Gasteiger partial charge in [-0.15, -0.1) is 0 Å². The average molecular weight is 516 g/mol. The number of nitrogens with one attached hydrogen (secondary N) is 1. The van der Waals surface area contributed by atoms with Crippen LogP contribution in [0.3, 0.4) is 0 Å². The molecule has 3 heterocycles. The van der Waals surface area contributed by atoms with Gasteiger partial charge in [-0.25, -0.2) is 8.78 Å². The summed E-state index contributed by atoms with van der Waals surface area (Å²) < 4.78 is 28.5. The summed E-state index contributed by atoms with van der Waals surface area (Å²) in [6.45, 7) is 4.71. The number of hydrogen-bond acceptors (Lipinski definition) is 4. The Morgan fingerprint density at radius 1 is 1.17 bits per heavy atom. The molecule has 2 saturated heterocycles. The van der Waals surface area contributed by atoms with Gasteiger partial charge >= 0.3 is 0 Å². The lowest BCUT2D eigenvalue weighted by Gasteiger charge is -2.39. The molecule has 2 aromatic carbocycles. The fourth-order valence-corrected chi connectivity index (χ4v) is 5.06. The van der Waals surface area contributed by atoms with Crippen molar-refractivity contribution in [2.24, 2.45) is 5.92 Å². The van der Waals surface area contributed by atoms with Gasteiger partial charge in [0.2, 0.25) is 0 Å². The summed E-state index contributed by atoms with van der Waals surface area (Å²) in [6, 6.07) is 10.5. The van der Waals surface area contributed by atoms with Crippen molar-refractivity contribution in [1.82, 2.24) is 24.9 Å². The summed E-state index contributed by atoms with van der Waals surface area (Å²) in [4.78, 5) is 28.8. The van der Waals surface area contributed by atoms with Gasteiger partial charge in [-0.2, -0.15) is 5.10 Å². The van der Waals surface area contributed by atoms with E-state index in [1.807, 2.05) is 28.8 Å². The van der Waals surface area contributed by atoms with E-state index in [0.29, 0.717) is 61.3 Å². The normalized spacial score (nSPS) is 17.9. The van der Waals surface area contributed by atoms with E-state index in [1.54, 1.807) is 35.2 Å². The molecule has 10 heteroatoms. The van der Waals surface area contributed by atoms with E-state index in [0.717, 1.165) is 16.5 Å². The van der Waals surface area contributed by atoms with Crippen molar-refractivity contribution in [3.63, 3.8) is 0 Å². The third-order valence-corrected chi connectivity index (χ3v) is 7.25. The fraction of sp³-hybridized carbons (Fsp3) is 0.423. The Kier molecular flexibility index (Phi) is 6.70. The Bertz CT molecular complexity index is 1290. The highest BCUT2D eigenvalue weighted by atomic mass is 35.5. The van der Waals surface area contributed by atoms with E-state index in [-0.39, 0.29) is 24.8 Å². The van der Waals surface area contributed by atoms with Gasteiger partial charge in [-0.3, -0.25) is 19.2 Å². The number of amides is 2. The van der Waals surface area contributed by atoms with Gasteiger partial charge in [0.15, 0.2) is 0 Å². The number of rotatable bonds is 7. The largest absolute Gasteiger partial charge is 0.351 e. The molecule has 5 rings (SSSR count). The molecule has 0 atom stereocenters. The minimum atomic E-state index is -2.63. The zero-order valence-corrected chi connectivity index (χ0v) is 20.8. The van der Waals surface area contributed by atoms with Crippen LogP contribution in [-0.4, -0.2) is 76.6 Å². The second-order valence-electron chi connectivity index (χ2n) is 9.74. The number of carbonyl (C=O) groups excluding carboxylic acids is 2. The maximum atomic E-state index is 13.3. The Labute approximate surface area is 213 Å². The third kappa shape index (κ3) is 5.22. The van der Waals surface area contributed by atoms with Crippen LogP contribution in [0.25, 0.3) is 10.9 Å². The number of likely N-dealkylation sites (tertiary alicyclic amines) is 2. The first-order chi connectivity index (χ1) is 17.2. The number of halogens is 3. The van der Waals surface area contributed by atoms with E-state index in [2.05, 4.69) is 10.4 Å². The highest BCUT2D eigenvalue weighted by Crippen LogP contribution is 2.27. The van der Waals surface area contributed by atoms with Crippen LogP contribution < -0.4 is 5.32 Å². The standard InChI is InChI=1S/C26H28ClF2N5O2/c1-17-21(24(35)30-9-11-32-10-8-26(28,29)16-32)6-7-23-22(17)15-34(31-23)14-18-12-33(13-18)25(36)19-2-4-20(27)5-3-19/h2-7,15,18H,8-14,16H2,1H3,(H,30,35). The summed E-state index contributed by atoms with van der Waals surface area (Å²) in [5.74, 6) is -2.55. The second kappa shape index (κ2) is 9.78. The fourth-order valence-electron chi connectivity index (χ4n) is 4.93. The van der Waals surface area contributed by atoms with Crippen LogP contribution in [0.5, 0.6) is 0 Å². The summed E-state index contributed by atoms with van der Waals surface area (Å²) in [5, 5.41) is 9.00. The minimum Gasteiger partial charge on any atom is -0.351 e. The zero-order chi connectivity index (χ0) is 25.4. The van der Waals surface area contributed by atoms with Gasteiger partial charge in [0.1, 0.15) is 0 Å². The molecule has 0 spiro atoms. The number of nitrogens with zero attached hydrogens (tertiary/aromatic N) is 4. The molecule has 0 unspecified atom stereocenters. The number of benzene rings is 2. The summed E-state index contributed by atoms with van der Waals surface area (Å²) in [5.41, 5.74) is 2.81. The highest BCUT2D eigenvalue weighted by molar-refractivity contribution is 6.30. The van der Waals surface area contributed by atoms with Crippen LogP contribution in [0.2, 0.25) is 5.02 Å². The average Bonchev–Trinajstić information content (AvgIpc) is 3.39. The Morgan fingerprint density at radius 3 is 2.61 bits per heavy atom. The molecule has 0 radical (unpaired) electrons. The van der Waals surface area contributed by atoms with Crippen LogP contribution in [0.4, 0.5) is 8.78 Å². The molecular weight excluding hydrogens is 488 g/mol. The summed E-state index contributed by atoms with van der Waals surface area (Å²) >= 11 is 5.90. The van der Waals surface area contributed by atoms with Crippen molar-refractivity contribution in [2.75, 3.05) is 39.3 Å². The third-order valence-electron chi connectivity index (χ3n) is 6.99. The van der Waals surface area contributed by atoms with Crippen molar-refractivity contribution in [2.45, 2.75) is 25.8 Å². The number of aryl methyl sites for hydroxylation is 1. The van der Waals surface area contributed by atoms with Crippen molar-refractivity contribution in [3.8, 4) is 0 Å². The van der Waals surface area contributed by atoms with Crippen LogP contribution in [0.15, 0.2) is 42.6 Å². The predicted molar refractivity (Wildman–Crippen MR) is 134 cm³/mol. The Hall–Kier alpha value is -3.04. The topological polar surface area (TPSA) is 70.5 Å². The highest BCUT2D eigenvalue weighted by Gasteiger charge is 2.37. The van der Waals surface area contributed by atoms with E-state index in [4.69, 9.17) is 11.6 Å². The van der Waals surface area contributed by atoms with Crippen molar-refractivity contribution >= 4 is 34.3 Å². The molecule has 1 aromatic heterocycles. The number of hydrogen-bond donors (Lipinski definition) is 1. The molecule has 1 N–H and O–H groups in total. The Balaban J connectivity index is 1.16. The van der Waals surface area contributed by atoms with Gasteiger partial charge in [0.05, 0.1) is 12.1 Å². The summed E-state index contributed by atoms with van der Waals surface area (Å²) in [6.07, 6.45) is 1.82. The van der Waals surface area contributed by atoms with Crippen molar-refractivity contribution in [3.05, 3.63) is 64.3 Å². The lowest BCUT2D eigenvalue weighted by atomic mass is 9.99. The molecule has 2 fully saturated rings. The van der Waals surface area contributed by atoms with Crippen LogP contribution >= 0.6 is 11.6 Å². The van der Waals surface area contributed by atoms with Gasteiger partial charge in [0.25, 0.3) is 17.7 Å². The molecule has 0 bridgehead atoms. The van der Waals surface area contributed by atoms with Crippen LogP contribution in [0.1, 0.15) is 32.7 Å². The van der Waals surface area contributed by atoms with Gasteiger partial charge < -0.3 is 10.2 Å². The van der Waals surface area contributed by atoms with Gasteiger partial charge in [-0.05, 0) is 48.9 Å². The van der Waals surface area contributed by atoms with Gasteiger partial charge in [0, 0.05) is 79.3 Å². The van der Waals surface area contributed by atoms with Crippen LogP contribution in [0, 0.1) is 12.8 Å². The molecule has 3 aromatic rings. The first kappa shape index (κ1) is 24.6. The van der Waals surface area contributed by atoms with Gasteiger partial charge in [-0.1, -0.05) is 11.6 Å².